The van der Waals surface area contributed by atoms with Crippen LogP contribution in [0.2, 0.25) is 0 Å². The van der Waals surface area contributed by atoms with E-state index >= 15 is 0 Å². The summed E-state index contributed by atoms with van der Waals surface area (Å²) < 4.78 is 9.66. The highest BCUT2D eigenvalue weighted by Gasteiger charge is 1.99. The Morgan fingerprint density at radius 3 is 2.75 bits per heavy atom. The number of nitrogens with one attached hydrogen (secondary N) is 1. The molecule has 0 saturated heterocycles. The summed E-state index contributed by atoms with van der Waals surface area (Å²) in [6, 6.07) is 0. The van der Waals surface area contributed by atoms with Crippen LogP contribution >= 0.6 is 0 Å². The average molecular weight is 175 g/mol. The summed E-state index contributed by atoms with van der Waals surface area (Å²) in [6.07, 6.45) is 0.758. The SMILES string of the molecule is CCNCC(=O)OCCCOC. The molecule has 0 fully saturated rings. The molecule has 12 heavy (non-hydrogen) atoms. The van der Waals surface area contributed by atoms with E-state index in [4.69, 9.17) is 9.47 Å². The highest BCUT2D eigenvalue weighted by Crippen LogP contribution is 1.83. The minimum atomic E-state index is -0.201. The monoisotopic (exact) mass is 175 g/mol. The molecule has 0 spiro atoms. The number of rotatable bonds is 7. The summed E-state index contributed by atoms with van der Waals surface area (Å²) in [7, 11) is 1.63. The van der Waals surface area contributed by atoms with E-state index in [1.807, 2.05) is 6.92 Å². The van der Waals surface area contributed by atoms with Gasteiger partial charge in [0.15, 0.2) is 0 Å². The van der Waals surface area contributed by atoms with Crippen molar-refractivity contribution < 1.29 is 14.3 Å². The molecule has 0 aromatic carbocycles. The van der Waals surface area contributed by atoms with Crippen molar-refractivity contribution in [3.05, 3.63) is 0 Å². The van der Waals surface area contributed by atoms with E-state index in [-0.39, 0.29) is 5.97 Å². The molecule has 0 rings (SSSR count). The van der Waals surface area contributed by atoms with Crippen LogP contribution in [0.1, 0.15) is 13.3 Å². The van der Waals surface area contributed by atoms with Crippen molar-refractivity contribution in [1.82, 2.24) is 5.32 Å². The van der Waals surface area contributed by atoms with Crippen molar-refractivity contribution in [1.29, 1.82) is 0 Å². The van der Waals surface area contributed by atoms with Crippen LogP contribution in [0.4, 0.5) is 0 Å². The van der Waals surface area contributed by atoms with Gasteiger partial charge < -0.3 is 14.8 Å². The molecule has 0 bridgehead atoms. The fourth-order valence-corrected chi connectivity index (χ4v) is 0.667. The van der Waals surface area contributed by atoms with Gasteiger partial charge in [0.1, 0.15) is 0 Å². The molecule has 0 aliphatic rings. The van der Waals surface area contributed by atoms with Crippen LogP contribution in [0.3, 0.4) is 0 Å². The first-order chi connectivity index (χ1) is 5.81. The molecule has 0 heterocycles. The smallest absolute Gasteiger partial charge is 0.319 e. The van der Waals surface area contributed by atoms with Crippen LogP contribution in [-0.4, -0.2) is 39.4 Å². The fourth-order valence-electron chi connectivity index (χ4n) is 0.667. The second-order valence-electron chi connectivity index (χ2n) is 2.35. The Hall–Kier alpha value is -0.610. The lowest BCUT2D eigenvalue weighted by atomic mass is 10.5. The molecule has 0 aliphatic heterocycles. The number of esters is 1. The maximum absolute atomic E-state index is 10.8. The van der Waals surface area contributed by atoms with Crippen LogP contribution in [0.25, 0.3) is 0 Å². The number of methoxy groups -OCH3 is 1. The first kappa shape index (κ1) is 11.4. The van der Waals surface area contributed by atoms with Gasteiger partial charge in [-0.25, -0.2) is 0 Å². The lowest BCUT2D eigenvalue weighted by molar-refractivity contribution is -0.142. The molecule has 1 N–H and O–H groups in total. The molecule has 0 saturated carbocycles. The van der Waals surface area contributed by atoms with E-state index in [1.54, 1.807) is 7.11 Å². The Bertz CT molecular complexity index is 117. The Kier molecular flexibility index (Phi) is 8.05. The van der Waals surface area contributed by atoms with Crippen molar-refractivity contribution in [3.63, 3.8) is 0 Å². The van der Waals surface area contributed by atoms with E-state index in [0.29, 0.717) is 19.8 Å². The van der Waals surface area contributed by atoms with Crippen LogP contribution in [0.5, 0.6) is 0 Å². The average Bonchev–Trinajstić information content (AvgIpc) is 2.09. The van der Waals surface area contributed by atoms with Gasteiger partial charge in [-0.05, 0) is 6.54 Å². The minimum Gasteiger partial charge on any atom is -0.465 e. The molecular weight excluding hydrogens is 158 g/mol. The van der Waals surface area contributed by atoms with E-state index in [1.165, 1.54) is 0 Å². The number of hydrogen-bond donors (Lipinski definition) is 1. The predicted molar refractivity (Wildman–Crippen MR) is 46.0 cm³/mol. The van der Waals surface area contributed by atoms with Crippen LogP contribution in [-0.2, 0) is 14.3 Å². The number of carbonyl (C=O) groups is 1. The fraction of sp³-hybridized carbons (Fsp3) is 0.875. The molecule has 72 valence electrons. The molecule has 0 amide bonds. The third kappa shape index (κ3) is 7.50. The molecule has 0 aromatic heterocycles. The number of ether oxygens (including phenoxy) is 2. The summed E-state index contributed by atoms with van der Waals surface area (Å²) in [6.45, 7) is 4.10. The van der Waals surface area contributed by atoms with E-state index in [0.717, 1.165) is 13.0 Å². The number of likely N-dealkylation sites (N-methyl/N-ethyl adjacent to an activating group) is 1. The molecule has 4 heteroatoms. The lowest BCUT2D eigenvalue weighted by Gasteiger charge is -2.03. The highest BCUT2D eigenvalue weighted by molar-refractivity contribution is 5.71. The third-order valence-electron chi connectivity index (χ3n) is 1.28. The van der Waals surface area contributed by atoms with Gasteiger partial charge >= 0.3 is 5.97 Å². The van der Waals surface area contributed by atoms with Gasteiger partial charge in [0.25, 0.3) is 0 Å². The Balaban J connectivity index is 3.08. The summed E-state index contributed by atoms with van der Waals surface area (Å²) in [5.41, 5.74) is 0. The van der Waals surface area contributed by atoms with Crippen molar-refractivity contribution >= 4 is 5.97 Å². The van der Waals surface area contributed by atoms with Gasteiger partial charge in [0, 0.05) is 20.1 Å². The topological polar surface area (TPSA) is 47.6 Å². The number of hydrogen-bond acceptors (Lipinski definition) is 4. The summed E-state index contributed by atoms with van der Waals surface area (Å²) in [5, 5.41) is 2.88. The van der Waals surface area contributed by atoms with Crippen LogP contribution < -0.4 is 5.32 Å². The molecule has 4 nitrogen and oxygen atoms in total. The zero-order chi connectivity index (χ0) is 9.23. The summed E-state index contributed by atoms with van der Waals surface area (Å²) >= 11 is 0. The van der Waals surface area contributed by atoms with Crippen molar-refractivity contribution in [2.24, 2.45) is 0 Å². The molecular formula is C8H17NO3. The molecule has 0 aliphatic carbocycles. The van der Waals surface area contributed by atoms with Gasteiger partial charge in [-0.15, -0.1) is 0 Å². The van der Waals surface area contributed by atoms with Gasteiger partial charge in [-0.1, -0.05) is 6.92 Å². The zero-order valence-electron chi connectivity index (χ0n) is 7.76. The second-order valence-corrected chi connectivity index (χ2v) is 2.35. The van der Waals surface area contributed by atoms with Gasteiger partial charge in [0.2, 0.25) is 0 Å². The first-order valence-electron chi connectivity index (χ1n) is 4.16. The lowest BCUT2D eigenvalue weighted by Crippen LogP contribution is -2.24. The first-order valence-corrected chi connectivity index (χ1v) is 4.16. The predicted octanol–water partition coefficient (Wildman–Crippen LogP) is 0.176. The minimum absolute atomic E-state index is 0.201. The maximum atomic E-state index is 10.8. The zero-order valence-corrected chi connectivity index (χ0v) is 7.76. The second kappa shape index (κ2) is 8.49. The molecule has 0 aromatic rings. The van der Waals surface area contributed by atoms with Gasteiger partial charge in [-0.3, -0.25) is 4.79 Å². The van der Waals surface area contributed by atoms with E-state index in [9.17, 15) is 4.79 Å². The highest BCUT2D eigenvalue weighted by atomic mass is 16.5. The Morgan fingerprint density at radius 2 is 2.17 bits per heavy atom. The van der Waals surface area contributed by atoms with E-state index in [2.05, 4.69) is 5.32 Å². The number of carbonyl (C=O) groups excluding carboxylic acids is 1. The standard InChI is InChI=1S/C8H17NO3/c1-3-9-7-8(10)12-6-4-5-11-2/h9H,3-7H2,1-2H3. The Labute approximate surface area is 73.2 Å². The quantitative estimate of drug-likeness (QED) is 0.443. The molecule has 0 atom stereocenters. The summed E-state index contributed by atoms with van der Waals surface area (Å²) in [5.74, 6) is -0.201. The van der Waals surface area contributed by atoms with Gasteiger partial charge in [-0.2, -0.15) is 0 Å². The van der Waals surface area contributed by atoms with Crippen LogP contribution in [0, 0.1) is 0 Å². The van der Waals surface area contributed by atoms with Crippen molar-refractivity contribution in [2.45, 2.75) is 13.3 Å². The summed E-state index contributed by atoms with van der Waals surface area (Å²) in [4.78, 5) is 10.8. The molecule has 0 radical (unpaired) electrons. The normalized spacial score (nSPS) is 9.83. The molecule has 0 unspecified atom stereocenters. The maximum Gasteiger partial charge on any atom is 0.319 e. The largest absolute Gasteiger partial charge is 0.465 e. The van der Waals surface area contributed by atoms with Crippen LogP contribution in [0.15, 0.2) is 0 Å². The third-order valence-corrected chi connectivity index (χ3v) is 1.28. The van der Waals surface area contributed by atoms with E-state index < -0.39 is 0 Å². The Morgan fingerprint density at radius 1 is 1.42 bits per heavy atom. The van der Waals surface area contributed by atoms with Crippen molar-refractivity contribution in [3.8, 4) is 0 Å². The van der Waals surface area contributed by atoms with Crippen molar-refractivity contribution in [2.75, 3.05) is 33.4 Å². The van der Waals surface area contributed by atoms with Gasteiger partial charge in [0.05, 0.1) is 13.2 Å².